The van der Waals surface area contributed by atoms with E-state index in [0.717, 1.165) is 11.4 Å². The lowest BCUT2D eigenvalue weighted by molar-refractivity contribution is 0.504. The van der Waals surface area contributed by atoms with Crippen molar-refractivity contribution >= 4 is 21.3 Å². The highest BCUT2D eigenvalue weighted by molar-refractivity contribution is 7.91. The molecule has 3 rings (SSSR count). The summed E-state index contributed by atoms with van der Waals surface area (Å²) in [6.07, 6.45) is 3.49. The monoisotopic (exact) mass is 358 g/mol. The van der Waals surface area contributed by atoms with Gasteiger partial charge in [-0.25, -0.2) is 23.4 Å². The van der Waals surface area contributed by atoms with Gasteiger partial charge in [-0.2, -0.15) is 0 Å². The van der Waals surface area contributed by atoms with E-state index in [2.05, 4.69) is 20.3 Å². The van der Waals surface area contributed by atoms with Crippen LogP contribution in [-0.2, 0) is 16.3 Å². The zero-order valence-corrected chi connectivity index (χ0v) is 14.7. The van der Waals surface area contributed by atoms with Gasteiger partial charge in [0.2, 0.25) is 0 Å². The van der Waals surface area contributed by atoms with Crippen molar-refractivity contribution in [2.24, 2.45) is 0 Å². The van der Waals surface area contributed by atoms with Crippen molar-refractivity contribution in [3.63, 3.8) is 0 Å². The lowest BCUT2D eigenvalue weighted by Crippen LogP contribution is -2.04. The minimum Gasteiger partial charge on any atom is -0.448 e. The first-order chi connectivity index (χ1) is 12.0. The van der Waals surface area contributed by atoms with E-state index in [1.54, 1.807) is 43.5 Å². The van der Waals surface area contributed by atoms with Gasteiger partial charge < -0.3 is 9.73 Å². The van der Waals surface area contributed by atoms with Crippen molar-refractivity contribution in [1.82, 2.24) is 15.0 Å². The Morgan fingerprint density at radius 2 is 2.04 bits per heavy atom. The largest absolute Gasteiger partial charge is 0.448 e. The number of benzene rings is 1. The first-order valence-corrected chi connectivity index (χ1v) is 9.43. The van der Waals surface area contributed by atoms with Crippen LogP contribution in [0.1, 0.15) is 24.2 Å². The summed E-state index contributed by atoms with van der Waals surface area (Å²) in [6, 6.07) is 8.44. The van der Waals surface area contributed by atoms with E-state index in [0.29, 0.717) is 23.8 Å². The highest BCUT2D eigenvalue weighted by Crippen LogP contribution is 2.20. The molecule has 0 saturated carbocycles. The van der Waals surface area contributed by atoms with Crippen LogP contribution in [-0.4, -0.2) is 29.1 Å². The number of rotatable bonds is 6. The number of hydrogen-bond donors (Lipinski definition) is 1. The van der Waals surface area contributed by atoms with Crippen LogP contribution in [0.2, 0.25) is 0 Å². The van der Waals surface area contributed by atoms with Gasteiger partial charge in [0.1, 0.15) is 18.4 Å². The molecule has 3 aromatic rings. The zero-order chi connectivity index (χ0) is 17.9. The molecule has 0 aliphatic carbocycles. The third kappa shape index (κ3) is 4.21. The number of aryl methyl sites for hydroxylation is 1. The molecule has 2 aromatic heterocycles. The van der Waals surface area contributed by atoms with Gasteiger partial charge >= 0.3 is 0 Å². The summed E-state index contributed by atoms with van der Waals surface area (Å²) in [6.45, 7) is 3.48. The second kappa shape index (κ2) is 7.02. The molecule has 0 radical (unpaired) electrons. The zero-order valence-electron chi connectivity index (χ0n) is 13.9. The van der Waals surface area contributed by atoms with Crippen LogP contribution < -0.4 is 5.32 Å². The predicted molar refractivity (Wildman–Crippen MR) is 93.5 cm³/mol. The maximum absolute atomic E-state index is 12.0. The highest BCUT2D eigenvalue weighted by Gasteiger charge is 2.12. The minimum absolute atomic E-state index is 0.0592. The summed E-state index contributed by atoms with van der Waals surface area (Å²) in [5, 5.41) is 3.11. The third-order valence-corrected chi connectivity index (χ3v) is 5.30. The summed E-state index contributed by atoms with van der Waals surface area (Å²) >= 11 is 0. The second-order valence-electron chi connectivity index (χ2n) is 5.51. The molecular weight excluding hydrogens is 340 g/mol. The molecule has 0 aliphatic heterocycles. The third-order valence-electron chi connectivity index (χ3n) is 3.57. The van der Waals surface area contributed by atoms with Crippen molar-refractivity contribution in [1.29, 1.82) is 0 Å². The van der Waals surface area contributed by atoms with Gasteiger partial charge in [0.25, 0.3) is 0 Å². The summed E-state index contributed by atoms with van der Waals surface area (Å²) in [5.41, 5.74) is 2.21. The summed E-state index contributed by atoms with van der Waals surface area (Å²) in [5.74, 6) is 1.21. The minimum atomic E-state index is -3.25. The van der Waals surface area contributed by atoms with Crippen molar-refractivity contribution < 1.29 is 12.8 Å². The summed E-state index contributed by atoms with van der Waals surface area (Å²) in [7, 11) is -3.25. The van der Waals surface area contributed by atoms with E-state index in [-0.39, 0.29) is 10.6 Å². The van der Waals surface area contributed by atoms with Crippen molar-refractivity contribution in [3.05, 3.63) is 60.2 Å². The molecule has 0 unspecified atom stereocenters. The Morgan fingerprint density at radius 1 is 1.20 bits per heavy atom. The Hall–Kier alpha value is -2.74. The molecular formula is C17H18N4O3S. The molecule has 25 heavy (non-hydrogen) atoms. The normalized spacial score (nSPS) is 11.4. The maximum atomic E-state index is 12.0. The Bertz CT molecular complexity index is 983. The molecule has 1 aromatic carbocycles. The van der Waals surface area contributed by atoms with E-state index in [1.165, 1.54) is 6.33 Å². The average molecular weight is 358 g/mol. The fraction of sp³-hybridized carbons (Fsp3) is 0.235. The second-order valence-corrected chi connectivity index (χ2v) is 7.79. The van der Waals surface area contributed by atoms with Gasteiger partial charge in [-0.1, -0.05) is 13.0 Å². The van der Waals surface area contributed by atoms with Crippen LogP contribution in [0.4, 0.5) is 11.5 Å². The fourth-order valence-corrected chi connectivity index (χ4v) is 3.21. The molecule has 7 nitrogen and oxygen atoms in total. The van der Waals surface area contributed by atoms with Crippen molar-refractivity contribution in [2.75, 3.05) is 11.1 Å². The van der Waals surface area contributed by atoms with E-state index in [1.807, 2.05) is 6.92 Å². The smallest absolute Gasteiger partial charge is 0.200 e. The standard InChI is InChI=1S/C17H18N4O3S/c1-3-25(22,23)15-6-4-5-13(7-15)21-16-8-14(18-11-19-16)9-17-20-12(2)10-24-17/h4-8,10-11H,3,9H2,1-2H3,(H,18,19,21). The molecule has 0 bridgehead atoms. The topological polar surface area (TPSA) is 98.0 Å². The van der Waals surface area contributed by atoms with Crippen LogP contribution >= 0.6 is 0 Å². The number of sulfone groups is 1. The molecule has 0 saturated heterocycles. The Balaban J connectivity index is 1.79. The van der Waals surface area contributed by atoms with Crippen LogP contribution in [0.15, 0.2) is 52.2 Å². The molecule has 2 heterocycles. The van der Waals surface area contributed by atoms with E-state index >= 15 is 0 Å². The van der Waals surface area contributed by atoms with E-state index < -0.39 is 9.84 Å². The molecule has 8 heteroatoms. The quantitative estimate of drug-likeness (QED) is 0.723. The average Bonchev–Trinajstić information content (AvgIpc) is 3.00. The summed E-state index contributed by atoms with van der Waals surface area (Å²) < 4.78 is 29.3. The molecule has 0 spiro atoms. The van der Waals surface area contributed by atoms with Crippen LogP contribution in [0.25, 0.3) is 0 Å². The Morgan fingerprint density at radius 3 is 2.76 bits per heavy atom. The van der Waals surface area contributed by atoms with Gasteiger partial charge in [0, 0.05) is 11.8 Å². The van der Waals surface area contributed by atoms with Gasteiger partial charge in [0.15, 0.2) is 15.7 Å². The maximum Gasteiger partial charge on any atom is 0.200 e. The Labute approximate surface area is 146 Å². The SMILES string of the molecule is CCS(=O)(=O)c1cccc(Nc2cc(Cc3nc(C)co3)ncn2)c1. The van der Waals surface area contributed by atoms with Crippen LogP contribution in [0.3, 0.4) is 0 Å². The van der Waals surface area contributed by atoms with Gasteiger partial charge in [-0.15, -0.1) is 0 Å². The molecule has 130 valence electrons. The van der Waals surface area contributed by atoms with Crippen molar-refractivity contribution in [3.8, 4) is 0 Å². The van der Waals surface area contributed by atoms with E-state index in [4.69, 9.17) is 4.42 Å². The molecule has 0 fully saturated rings. The van der Waals surface area contributed by atoms with E-state index in [9.17, 15) is 8.42 Å². The molecule has 0 aliphatic rings. The Kier molecular flexibility index (Phi) is 4.80. The number of nitrogens with one attached hydrogen (secondary N) is 1. The lowest BCUT2D eigenvalue weighted by Gasteiger charge is -2.08. The molecule has 0 amide bonds. The van der Waals surface area contributed by atoms with Crippen LogP contribution in [0, 0.1) is 6.92 Å². The number of nitrogens with zero attached hydrogens (tertiary/aromatic N) is 3. The highest BCUT2D eigenvalue weighted by atomic mass is 32.2. The van der Waals surface area contributed by atoms with Crippen molar-refractivity contribution in [2.45, 2.75) is 25.2 Å². The first kappa shape index (κ1) is 17.1. The predicted octanol–water partition coefficient (Wildman–Crippen LogP) is 2.90. The van der Waals surface area contributed by atoms with Gasteiger partial charge in [-0.05, 0) is 25.1 Å². The summed E-state index contributed by atoms with van der Waals surface area (Å²) in [4.78, 5) is 12.9. The van der Waals surface area contributed by atoms with Gasteiger partial charge in [0.05, 0.1) is 28.5 Å². The number of aromatic nitrogens is 3. The number of anilines is 2. The first-order valence-electron chi connectivity index (χ1n) is 7.78. The fourth-order valence-electron chi connectivity index (χ4n) is 2.28. The number of oxazole rings is 1. The molecule has 1 N–H and O–H groups in total. The van der Waals surface area contributed by atoms with Gasteiger partial charge in [-0.3, -0.25) is 0 Å². The van der Waals surface area contributed by atoms with Crippen LogP contribution in [0.5, 0.6) is 0 Å². The molecule has 0 atom stereocenters. The number of hydrogen-bond acceptors (Lipinski definition) is 7. The lowest BCUT2D eigenvalue weighted by atomic mass is 10.2.